The van der Waals surface area contributed by atoms with Crippen molar-refractivity contribution in [3.63, 3.8) is 0 Å². The van der Waals surface area contributed by atoms with Crippen molar-refractivity contribution in [1.29, 1.82) is 0 Å². The van der Waals surface area contributed by atoms with Gasteiger partial charge in [0.25, 0.3) is 5.91 Å². The molecule has 0 aliphatic carbocycles. The molecule has 104 valence electrons. The molecular formula is C17H20N2O. The van der Waals surface area contributed by atoms with Crippen molar-refractivity contribution in [1.82, 2.24) is 10.3 Å². The maximum atomic E-state index is 11.5. The van der Waals surface area contributed by atoms with E-state index in [1.54, 1.807) is 7.05 Å². The van der Waals surface area contributed by atoms with Crippen LogP contribution in [0.25, 0.3) is 11.1 Å². The van der Waals surface area contributed by atoms with Gasteiger partial charge in [-0.25, -0.2) is 0 Å². The summed E-state index contributed by atoms with van der Waals surface area (Å²) in [6.07, 6.45) is 1.93. The third kappa shape index (κ3) is 2.87. The van der Waals surface area contributed by atoms with Gasteiger partial charge >= 0.3 is 0 Å². The monoisotopic (exact) mass is 268 g/mol. The van der Waals surface area contributed by atoms with Crippen LogP contribution in [0.2, 0.25) is 0 Å². The fourth-order valence-corrected chi connectivity index (χ4v) is 2.10. The molecule has 1 aromatic carbocycles. The maximum absolute atomic E-state index is 11.5. The van der Waals surface area contributed by atoms with Crippen LogP contribution < -0.4 is 5.32 Å². The Morgan fingerprint density at radius 3 is 2.40 bits per heavy atom. The van der Waals surface area contributed by atoms with Crippen LogP contribution in [-0.2, 0) is 0 Å². The molecule has 2 aromatic rings. The molecule has 3 nitrogen and oxygen atoms in total. The van der Waals surface area contributed by atoms with Gasteiger partial charge in [0.2, 0.25) is 0 Å². The molecule has 2 rings (SSSR count). The summed E-state index contributed by atoms with van der Waals surface area (Å²) in [5, 5.41) is 2.62. The first-order valence-corrected chi connectivity index (χ1v) is 6.82. The van der Waals surface area contributed by atoms with E-state index >= 15 is 0 Å². The number of nitrogens with zero attached hydrogens (tertiary/aromatic N) is 1. The van der Waals surface area contributed by atoms with Gasteiger partial charge in [-0.1, -0.05) is 26.0 Å². The first-order valence-electron chi connectivity index (χ1n) is 6.82. The lowest BCUT2D eigenvalue weighted by atomic mass is 9.97. The Morgan fingerprint density at radius 2 is 1.85 bits per heavy atom. The van der Waals surface area contributed by atoms with Crippen molar-refractivity contribution in [2.45, 2.75) is 26.7 Å². The average Bonchev–Trinajstić information content (AvgIpc) is 2.47. The van der Waals surface area contributed by atoms with Gasteiger partial charge in [0.05, 0.1) is 0 Å². The highest BCUT2D eigenvalue weighted by atomic mass is 16.1. The summed E-state index contributed by atoms with van der Waals surface area (Å²) in [4.78, 5) is 16.0. The van der Waals surface area contributed by atoms with Gasteiger partial charge < -0.3 is 5.32 Å². The molecule has 0 saturated heterocycles. The highest BCUT2D eigenvalue weighted by Gasteiger charge is 2.08. The number of rotatable bonds is 3. The van der Waals surface area contributed by atoms with Crippen molar-refractivity contribution in [2.75, 3.05) is 7.05 Å². The number of pyridine rings is 1. The minimum atomic E-state index is -0.0673. The molecule has 0 aliphatic heterocycles. The summed E-state index contributed by atoms with van der Waals surface area (Å²) in [6.45, 7) is 6.32. The second-order valence-corrected chi connectivity index (χ2v) is 5.21. The van der Waals surface area contributed by atoms with E-state index in [0.717, 1.165) is 16.8 Å². The van der Waals surface area contributed by atoms with Crippen molar-refractivity contribution >= 4 is 5.91 Å². The van der Waals surface area contributed by atoms with E-state index in [0.29, 0.717) is 11.5 Å². The lowest BCUT2D eigenvalue weighted by Crippen LogP contribution is -2.17. The zero-order chi connectivity index (χ0) is 14.7. The van der Waals surface area contributed by atoms with Gasteiger partial charge in [-0.2, -0.15) is 0 Å². The fourth-order valence-electron chi connectivity index (χ4n) is 2.10. The van der Waals surface area contributed by atoms with Crippen LogP contribution in [-0.4, -0.2) is 17.9 Å². The lowest BCUT2D eigenvalue weighted by molar-refractivity contribution is 0.0963. The number of carbonyl (C=O) groups is 1. The van der Waals surface area contributed by atoms with Crippen LogP contribution in [0.15, 0.2) is 36.5 Å². The molecule has 0 bridgehead atoms. The number of carbonyl (C=O) groups excluding carboxylic acids is 1. The van der Waals surface area contributed by atoms with Gasteiger partial charge in [0.15, 0.2) is 0 Å². The summed E-state index contributed by atoms with van der Waals surface area (Å²) in [5.74, 6) is 0.384. The van der Waals surface area contributed by atoms with Crippen LogP contribution in [0.4, 0.5) is 0 Å². The maximum Gasteiger partial charge on any atom is 0.251 e. The van der Waals surface area contributed by atoms with E-state index in [4.69, 9.17) is 0 Å². The van der Waals surface area contributed by atoms with Gasteiger partial charge in [-0.3, -0.25) is 9.78 Å². The molecule has 0 saturated carbocycles. The van der Waals surface area contributed by atoms with Crippen LogP contribution in [0.5, 0.6) is 0 Å². The Labute approximate surface area is 120 Å². The van der Waals surface area contributed by atoms with E-state index in [1.807, 2.05) is 37.4 Å². The van der Waals surface area contributed by atoms with Gasteiger partial charge in [-0.05, 0) is 42.2 Å². The Bertz CT molecular complexity index is 615. The molecule has 0 spiro atoms. The molecule has 0 unspecified atom stereocenters. The number of hydrogen-bond acceptors (Lipinski definition) is 2. The van der Waals surface area contributed by atoms with Crippen LogP contribution in [0, 0.1) is 6.92 Å². The van der Waals surface area contributed by atoms with E-state index in [1.165, 1.54) is 5.56 Å². The van der Waals surface area contributed by atoms with E-state index in [-0.39, 0.29) is 5.91 Å². The molecule has 0 radical (unpaired) electrons. The van der Waals surface area contributed by atoms with Gasteiger partial charge in [0, 0.05) is 30.1 Å². The summed E-state index contributed by atoms with van der Waals surface area (Å²) in [5.41, 5.74) is 5.11. The number of hydrogen-bond donors (Lipinski definition) is 1. The third-order valence-corrected chi connectivity index (χ3v) is 3.46. The van der Waals surface area contributed by atoms with Crippen LogP contribution in [0.3, 0.4) is 0 Å². The molecule has 1 heterocycles. The van der Waals surface area contributed by atoms with Crippen molar-refractivity contribution in [2.24, 2.45) is 0 Å². The van der Waals surface area contributed by atoms with Gasteiger partial charge in [0.1, 0.15) is 0 Å². The summed E-state index contributed by atoms with van der Waals surface area (Å²) in [7, 11) is 1.64. The largest absolute Gasteiger partial charge is 0.355 e. The van der Waals surface area contributed by atoms with Crippen molar-refractivity contribution in [3.8, 4) is 11.1 Å². The molecular weight excluding hydrogens is 248 g/mol. The van der Waals surface area contributed by atoms with E-state index < -0.39 is 0 Å². The average molecular weight is 268 g/mol. The molecule has 20 heavy (non-hydrogen) atoms. The molecule has 1 N–H and O–H groups in total. The fraction of sp³-hybridized carbons (Fsp3) is 0.294. The number of nitrogens with one attached hydrogen (secondary N) is 1. The highest BCUT2D eigenvalue weighted by molar-refractivity contribution is 5.94. The Kier molecular flexibility index (Phi) is 4.18. The number of aryl methyl sites for hydroxylation is 1. The summed E-state index contributed by atoms with van der Waals surface area (Å²) < 4.78 is 0. The Hall–Kier alpha value is -2.16. The molecule has 0 fully saturated rings. The molecule has 0 atom stereocenters. The van der Waals surface area contributed by atoms with E-state index in [9.17, 15) is 4.79 Å². The minimum absolute atomic E-state index is 0.0673. The first-order chi connectivity index (χ1) is 9.52. The molecule has 1 aromatic heterocycles. The zero-order valence-corrected chi connectivity index (χ0v) is 12.4. The van der Waals surface area contributed by atoms with Crippen LogP contribution >= 0.6 is 0 Å². The lowest BCUT2D eigenvalue weighted by Gasteiger charge is -2.11. The smallest absolute Gasteiger partial charge is 0.251 e. The van der Waals surface area contributed by atoms with Crippen molar-refractivity contribution in [3.05, 3.63) is 53.3 Å². The topological polar surface area (TPSA) is 42.0 Å². The Morgan fingerprint density at radius 1 is 1.20 bits per heavy atom. The van der Waals surface area contributed by atoms with Crippen molar-refractivity contribution < 1.29 is 4.79 Å². The second-order valence-electron chi connectivity index (χ2n) is 5.21. The first kappa shape index (κ1) is 14.3. The number of benzene rings is 1. The number of amides is 1. The van der Waals surface area contributed by atoms with Crippen LogP contribution in [0.1, 0.15) is 41.4 Å². The molecule has 0 aliphatic rings. The number of aromatic nitrogens is 1. The predicted octanol–water partition coefficient (Wildman–Crippen LogP) is 3.54. The standard InChI is InChI=1S/C17H20N2O/c1-11(2)15-9-16(12(3)19-10-15)13-5-7-14(8-6-13)17(20)18-4/h5-11H,1-4H3,(H,18,20). The predicted molar refractivity (Wildman–Crippen MR) is 81.9 cm³/mol. The summed E-state index contributed by atoms with van der Waals surface area (Å²) >= 11 is 0. The second kappa shape index (κ2) is 5.87. The third-order valence-electron chi connectivity index (χ3n) is 3.46. The normalized spacial score (nSPS) is 10.7. The molecule has 3 heteroatoms. The summed E-state index contributed by atoms with van der Waals surface area (Å²) in [6, 6.07) is 9.81. The molecule has 1 amide bonds. The zero-order valence-electron chi connectivity index (χ0n) is 12.4. The SMILES string of the molecule is CNC(=O)c1ccc(-c2cc(C(C)C)cnc2C)cc1. The quantitative estimate of drug-likeness (QED) is 0.925. The minimum Gasteiger partial charge on any atom is -0.355 e. The Balaban J connectivity index is 2.41. The highest BCUT2D eigenvalue weighted by Crippen LogP contribution is 2.26. The van der Waals surface area contributed by atoms with Gasteiger partial charge in [-0.15, -0.1) is 0 Å². The van der Waals surface area contributed by atoms with E-state index in [2.05, 4.69) is 30.2 Å².